The minimum absolute atomic E-state index is 0.245. The van der Waals surface area contributed by atoms with Crippen LogP contribution in [0, 0.1) is 0 Å². The summed E-state index contributed by atoms with van der Waals surface area (Å²) in [6.07, 6.45) is 2.27. The van der Waals surface area contributed by atoms with Crippen LogP contribution in [0.3, 0.4) is 0 Å². The van der Waals surface area contributed by atoms with E-state index >= 15 is 0 Å². The van der Waals surface area contributed by atoms with Crippen LogP contribution in [-0.4, -0.2) is 22.0 Å². The van der Waals surface area contributed by atoms with Gasteiger partial charge in [0.15, 0.2) is 0 Å². The number of aromatic nitrogens is 2. The second-order valence-corrected chi connectivity index (χ2v) is 4.92. The first-order valence-electron chi connectivity index (χ1n) is 7.15. The Morgan fingerprint density at radius 2 is 2.20 bits per heavy atom. The first kappa shape index (κ1) is 14.5. The third-order valence-corrected chi connectivity index (χ3v) is 3.24. The number of hydrogen-bond acceptors (Lipinski definition) is 3. The number of aryl methyl sites for hydroxylation is 1. The molecular weight excluding hydrogens is 252 g/mol. The summed E-state index contributed by atoms with van der Waals surface area (Å²) in [5.74, 6) is 0.803. The van der Waals surface area contributed by atoms with E-state index in [1.165, 1.54) is 5.52 Å². The largest absolute Gasteiger partial charge is 0.370 e. The van der Waals surface area contributed by atoms with Crippen molar-refractivity contribution in [3.63, 3.8) is 0 Å². The lowest BCUT2D eigenvalue weighted by Gasteiger charge is -2.08. The number of imidazole rings is 1. The molecule has 1 aromatic heterocycles. The zero-order valence-corrected chi connectivity index (χ0v) is 11.9. The van der Waals surface area contributed by atoms with E-state index in [1.807, 2.05) is 18.2 Å². The van der Waals surface area contributed by atoms with E-state index in [4.69, 9.17) is 5.73 Å². The number of amides is 1. The summed E-state index contributed by atoms with van der Waals surface area (Å²) in [4.78, 5) is 15.3. The highest BCUT2D eigenvalue weighted by Crippen LogP contribution is 2.16. The van der Waals surface area contributed by atoms with Crippen LogP contribution >= 0.6 is 0 Å². The van der Waals surface area contributed by atoms with E-state index < -0.39 is 0 Å². The summed E-state index contributed by atoms with van der Waals surface area (Å²) >= 11 is 0. The van der Waals surface area contributed by atoms with Gasteiger partial charge in [-0.1, -0.05) is 19.1 Å². The molecule has 1 aromatic carbocycles. The second-order valence-electron chi connectivity index (χ2n) is 4.92. The van der Waals surface area contributed by atoms with Gasteiger partial charge in [-0.3, -0.25) is 4.79 Å². The number of nitrogens with two attached hydrogens (primary N) is 1. The molecule has 0 unspecified atom stereocenters. The Kier molecular flexibility index (Phi) is 5.12. The Hall–Kier alpha value is -1.88. The van der Waals surface area contributed by atoms with Crippen molar-refractivity contribution in [2.24, 2.45) is 5.73 Å². The van der Waals surface area contributed by atoms with Gasteiger partial charge >= 0.3 is 0 Å². The summed E-state index contributed by atoms with van der Waals surface area (Å²) in [5, 5.41) is 3.33. The first-order chi connectivity index (χ1) is 9.72. The quantitative estimate of drug-likeness (QED) is 0.721. The molecule has 5 nitrogen and oxygen atoms in total. The summed E-state index contributed by atoms with van der Waals surface area (Å²) in [5.41, 5.74) is 7.34. The Morgan fingerprint density at radius 3 is 2.95 bits per heavy atom. The highest BCUT2D eigenvalue weighted by Gasteiger charge is 2.08. The normalized spacial score (nSPS) is 11.1. The molecule has 0 aliphatic rings. The molecule has 0 saturated carbocycles. The monoisotopic (exact) mass is 274 g/mol. The molecule has 0 radical (unpaired) electrons. The van der Waals surface area contributed by atoms with Crippen molar-refractivity contribution in [3.05, 3.63) is 30.1 Å². The zero-order valence-electron chi connectivity index (χ0n) is 11.9. The van der Waals surface area contributed by atoms with E-state index in [1.54, 1.807) is 0 Å². The molecule has 0 saturated heterocycles. The van der Waals surface area contributed by atoms with E-state index in [0.29, 0.717) is 13.0 Å². The molecule has 3 N–H and O–H groups in total. The minimum atomic E-state index is -0.245. The number of rotatable bonds is 8. The van der Waals surface area contributed by atoms with Crippen LogP contribution in [0.5, 0.6) is 0 Å². The van der Waals surface area contributed by atoms with Crippen molar-refractivity contribution in [2.75, 3.05) is 6.54 Å². The third kappa shape index (κ3) is 3.57. The number of carbonyl (C=O) groups excluding carboxylic acids is 1. The van der Waals surface area contributed by atoms with E-state index in [2.05, 4.69) is 27.9 Å². The Balaban J connectivity index is 2.01. The number of hydrogen-bond donors (Lipinski definition) is 2. The summed E-state index contributed by atoms with van der Waals surface area (Å²) < 4.78 is 2.26. The summed E-state index contributed by atoms with van der Waals surface area (Å²) in [6.45, 7) is 4.63. The smallest absolute Gasteiger partial charge is 0.217 e. The summed E-state index contributed by atoms with van der Waals surface area (Å²) in [6, 6.07) is 8.20. The lowest BCUT2D eigenvalue weighted by atomic mass is 10.3. The molecule has 2 rings (SSSR count). The van der Waals surface area contributed by atoms with Gasteiger partial charge in [-0.05, 0) is 31.5 Å². The van der Waals surface area contributed by atoms with Crippen LogP contribution in [0.15, 0.2) is 24.3 Å². The van der Waals surface area contributed by atoms with Crippen molar-refractivity contribution < 1.29 is 4.79 Å². The van der Waals surface area contributed by atoms with Crippen molar-refractivity contribution in [2.45, 2.75) is 39.3 Å². The topological polar surface area (TPSA) is 72.9 Å². The third-order valence-electron chi connectivity index (χ3n) is 3.24. The number of fused-ring (bicyclic) bond motifs is 1. The van der Waals surface area contributed by atoms with Crippen LogP contribution in [0.2, 0.25) is 0 Å². The number of benzene rings is 1. The van der Waals surface area contributed by atoms with Crippen molar-refractivity contribution in [1.29, 1.82) is 0 Å². The molecule has 1 amide bonds. The highest BCUT2D eigenvalue weighted by molar-refractivity contribution is 5.75. The Labute approximate surface area is 119 Å². The Morgan fingerprint density at radius 1 is 1.40 bits per heavy atom. The maximum Gasteiger partial charge on any atom is 0.217 e. The standard InChI is InChI=1S/C15H22N4O/c1-2-10-19-13-7-4-3-6-12(13)18-15(19)11-17-9-5-8-14(16)20/h3-4,6-7,17H,2,5,8-11H2,1H3,(H2,16,20). The van der Waals surface area contributed by atoms with Gasteiger partial charge in [0.25, 0.3) is 0 Å². The lowest BCUT2D eigenvalue weighted by molar-refractivity contribution is -0.118. The van der Waals surface area contributed by atoms with Crippen LogP contribution < -0.4 is 11.1 Å². The SMILES string of the molecule is CCCn1c(CNCCCC(N)=O)nc2ccccc21. The second kappa shape index (κ2) is 7.05. The molecule has 0 atom stereocenters. The van der Waals surface area contributed by atoms with Gasteiger partial charge in [-0.2, -0.15) is 0 Å². The van der Waals surface area contributed by atoms with E-state index in [-0.39, 0.29) is 5.91 Å². The van der Waals surface area contributed by atoms with Gasteiger partial charge in [0.1, 0.15) is 5.82 Å². The zero-order chi connectivity index (χ0) is 14.4. The molecular formula is C15H22N4O. The van der Waals surface area contributed by atoms with Gasteiger partial charge < -0.3 is 15.6 Å². The van der Waals surface area contributed by atoms with Crippen LogP contribution in [0.4, 0.5) is 0 Å². The van der Waals surface area contributed by atoms with Gasteiger partial charge in [0.05, 0.1) is 17.6 Å². The predicted molar refractivity (Wildman–Crippen MR) is 80.2 cm³/mol. The van der Waals surface area contributed by atoms with Gasteiger partial charge in [-0.15, -0.1) is 0 Å². The molecule has 108 valence electrons. The van der Waals surface area contributed by atoms with Crippen molar-refractivity contribution in [1.82, 2.24) is 14.9 Å². The molecule has 0 aliphatic heterocycles. The maximum absolute atomic E-state index is 10.7. The number of nitrogens with zero attached hydrogens (tertiary/aromatic N) is 2. The highest BCUT2D eigenvalue weighted by atomic mass is 16.1. The van der Waals surface area contributed by atoms with Gasteiger partial charge in [0, 0.05) is 13.0 Å². The number of primary amides is 1. The van der Waals surface area contributed by atoms with E-state index in [9.17, 15) is 4.79 Å². The lowest BCUT2D eigenvalue weighted by Crippen LogP contribution is -2.20. The fourth-order valence-corrected chi connectivity index (χ4v) is 2.32. The van der Waals surface area contributed by atoms with Crippen LogP contribution in [0.25, 0.3) is 11.0 Å². The number of carbonyl (C=O) groups is 1. The van der Waals surface area contributed by atoms with Crippen molar-refractivity contribution in [3.8, 4) is 0 Å². The maximum atomic E-state index is 10.7. The Bertz CT molecular complexity index is 576. The fourth-order valence-electron chi connectivity index (χ4n) is 2.32. The molecule has 0 bridgehead atoms. The molecule has 0 aliphatic carbocycles. The number of nitrogens with one attached hydrogen (secondary N) is 1. The summed E-state index contributed by atoms with van der Waals surface area (Å²) in [7, 11) is 0. The predicted octanol–water partition coefficient (Wildman–Crippen LogP) is 1.80. The number of para-hydroxylation sites is 2. The van der Waals surface area contributed by atoms with Crippen molar-refractivity contribution >= 4 is 16.9 Å². The van der Waals surface area contributed by atoms with Gasteiger partial charge in [-0.25, -0.2) is 4.98 Å². The van der Waals surface area contributed by atoms with E-state index in [0.717, 1.165) is 37.3 Å². The molecule has 1 heterocycles. The molecule has 0 fully saturated rings. The molecule has 0 spiro atoms. The average molecular weight is 274 g/mol. The van der Waals surface area contributed by atoms with Gasteiger partial charge in [0.2, 0.25) is 5.91 Å². The molecule has 20 heavy (non-hydrogen) atoms. The molecule has 2 aromatic rings. The average Bonchev–Trinajstić information content (AvgIpc) is 2.77. The first-order valence-corrected chi connectivity index (χ1v) is 7.15. The van der Waals surface area contributed by atoms with Crippen LogP contribution in [0.1, 0.15) is 32.0 Å². The fraction of sp³-hybridized carbons (Fsp3) is 0.467. The molecule has 5 heteroatoms. The minimum Gasteiger partial charge on any atom is -0.370 e. The van der Waals surface area contributed by atoms with Crippen LogP contribution in [-0.2, 0) is 17.9 Å².